The van der Waals surface area contributed by atoms with Crippen LogP contribution in [0.1, 0.15) is 38.9 Å². The van der Waals surface area contributed by atoms with Gasteiger partial charge in [-0.3, -0.25) is 0 Å². The van der Waals surface area contributed by atoms with Gasteiger partial charge in [-0.2, -0.15) is 0 Å². The first-order valence-corrected chi connectivity index (χ1v) is 18.8. The summed E-state index contributed by atoms with van der Waals surface area (Å²) in [6, 6.07) is 43.7. The van der Waals surface area contributed by atoms with Crippen LogP contribution in [0.4, 0.5) is 0 Å². The lowest BCUT2D eigenvalue weighted by Crippen LogP contribution is -2.12. The lowest BCUT2D eigenvalue weighted by Gasteiger charge is -2.23. The van der Waals surface area contributed by atoms with E-state index in [1.807, 2.05) is 18.2 Å². The second-order valence-corrected chi connectivity index (χ2v) is 15.2. The summed E-state index contributed by atoms with van der Waals surface area (Å²) in [6.45, 7) is 14.5. The Kier molecular flexibility index (Phi) is 10.7. The average molecular weight is 685 g/mol. The van der Waals surface area contributed by atoms with Crippen molar-refractivity contribution in [1.82, 2.24) is 0 Å². The average Bonchev–Trinajstić information content (AvgIpc) is 3.09. The van der Waals surface area contributed by atoms with Gasteiger partial charge in [0.2, 0.25) is 0 Å². The van der Waals surface area contributed by atoms with Gasteiger partial charge in [-0.05, 0) is 129 Å². The van der Waals surface area contributed by atoms with E-state index in [0.717, 1.165) is 83.7 Å². The van der Waals surface area contributed by atoms with E-state index in [2.05, 4.69) is 158 Å². The first kappa shape index (κ1) is 34.3. The third-order valence-corrected chi connectivity index (χ3v) is 11.4. The molecule has 0 aliphatic rings. The first-order chi connectivity index (χ1) is 23.7. The summed E-state index contributed by atoms with van der Waals surface area (Å²) >= 11 is 0. The largest absolute Gasteiger partial charge is 0.435 e. The smallest absolute Gasteiger partial charge is 0.326 e. The van der Waals surface area contributed by atoms with E-state index < -0.39 is 16.8 Å². The third-order valence-electron chi connectivity index (χ3n) is 8.51. The fraction of sp³-hybridized carbons (Fsp3) is 0.163. The molecule has 0 amide bonds. The van der Waals surface area contributed by atoms with Crippen molar-refractivity contribution < 1.29 is 18.1 Å². The standard InChI is InChI=1S/C43H42O4P2/c1-29-13-8-9-20-40(29)44-48(45-41-30(2)14-10-15-31(41)3)38-25-21-36(22-26-38)37-23-27-39(28-24-37)49(46-42-32(4)16-11-17-33(42)5)47-43-34(6)18-12-19-35(43)7/h8-28H,1-7H3. The van der Waals surface area contributed by atoms with Gasteiger partial charge in [-0.15, -0.1) is 0 Å². The van der Waals surface area contributed by atoms with Crippen molar-refractivity contribution in [2.45, 2.75) is 48.5 Å². The minimum atomic E-state index is -1.46. The van der Waals surface area contributed by atoms with Gasteiger partial charge in [0.15, 0.2) is 0 Å². The van der Waals surface area contributed by atoms with Crippen LogP contribution in [0.15, 0.2) is 127 Å². The van der Waals surface area contributed by atoms with E-state index in [0.29, 0.717) is 0 Å². The quantitative estimate of drug-likeness (QED) is 0.127. The Hall–Kier alpha value is -4.62. The van der Waals surface area contributed by atoms with Crippen molar-refractivity contribution >= 4 is 27.4 Å². The molecule has 6 heteroatoms. The zero-order valence-electron chi connectivity index (χ0n) is 29.2. The van der Waals surface area contributed by atoms with Crippen LogP contribution in [0.5, 0.6) is 23.0 Å². The highest BCUT2D eigenvalue weighted by Crippen LogP contribution is 2.45. The van der Waals surface area contributed by atoms with Gasteiger partial charge in [0.25, 0.3) is 0 Å². The number of hydrogen-bond donors (Lipinski definition) is 0. The molecule has 0 aliphatic carbocycles. The molecule has 1 atom stereocenters. The van der Waals surface area contributed by atoms with Crippen molar-refractivity contribution in [1.29, 1.82) is 0 Å². The van der Waals surface area contributed by atoms with Crippen LogP contribution in [0, 0.1) is 48.5 Å². The van der Waals surface area contributed by atoms with Gasteiger partial charge in [0, 0.05) is 0 Å². The van der Waals surface area contributed by atoms with Crippen LogP contribution in [0.3, 0.4) is 0 Å². The maximum Gasteiger partial charge on any atom is 0.326 e. The molecule has 0 bridgehead atoms. The van der Waals surface area contributed by atoms with Gasteiger partial charge in [0.1, 0.15) is 23.0 Å². The van der Waals surface area contributed by atoms with E-state index in [1.165, 1.54) is 0 Å². The molecule has 0 spiro atoms. The lowest BCUT2D eigenvalue weighted by atomic mass is 10.1. The second kappa shape index (κ2) is 15.3. The van der Waals surface area contributed by atoms with E-state index in [9.17, 15) is 0 Å². The minimum absolute atomic E-state index is 0.822. The topological polar surface area (TPSA) is 36.9 Å². The monoisotopic (exact) mass is 684 g/mol. The van der Waals surface area contributed by atoms with Crippen LogP contribution in [0.2, 0.25) is 0 Å². The summed E-state index contributed by atoms with van der Waals surface area (Å²) in [5.41, 5.74) is 9.78. The van der Waals surface area contributed by atoms with Crippen LogP contribution < -0.4 is 28.7 Å². The molecule has 0 aromatic heterocycles. The normalized spacial score (nSPS) is 11.7. The molecule has 248 valence electrons. The summed E-state index contributed by atoms with van der Waals surface area (Å²) in [5.74, 6) is 3.42. The molecule has 4 nitrogen and oxygen atoms in total. The number of hydrogen-bond acceptors (Lipinski definition) is 4. The van der Waals surface area contributed by atoms with Crippen LogP contribution in [-0.4, -0.2) is 0 Å². The van der Waals surface area contributed by atoms with Crippen LogP contribution in [0.25, 0.3) is 11.1 Å². The summed E-state index contributed by atoms with van der Waals surface area (Å²) < 4.78 is 26.6. The minimum Gasteiger partial charge on any atom is -0.435 e. The highest BCUT2D eigenvalue weighted by molar-refractivity contribution is 7.57. The van der Waals surface area contributed by atoms with Crippen LogP contribution in [-0.2, 0) is 0 Å². The van der Waals surface area contributed by atoms with Crippen molar-refractivity contribution in [3.05, 3.63) is 166 Å². The predicted molar refractivity (Wildman–Crippen MR) is 206 cm³/mol. The van der Waals surface area contributed by atoms with E-state index in [-0.39, 0.29) is 0 Å². The molecular weight excluding hydrogens is 642 g/mol. The van der Waals surface area contributed by atoms with E-state index in [4.69, 9.17) is 18.1 Å². The van der Waals surface area contributed by atoms with Gasteiger partial charge in [-0.25, -0.2) is 0 Å². The SMILES string of the molecule is Cc1ccccc1OP(Oc1c(C)cccc1C)c1ccc(-c2ccc(P(Oc3c(C)cccc3C)Oc3c(C)cccc3C)cc2)cc1. The Morgan fingerprint density at radius 2 is 0.612 bits per heavy atom. The molecule has 0 saturated heterocycles. The number of para-hydroxylation sites is 4. The fourth-order valence-electron chi connectivity index (χ4n) is 5.63. The molecule has 6 rings (SSSR count). The summed E-state index contributed by atoms with van der Waals surface area (Å²) in [4.78, 5) is 0. The predicted octanol–water partition coefficient (Wildman–Crippen LogP) is 11.7. The Balaban J connectivity index is 1.28. The fourth-order valence-corrected chi connectivity index (χ4v) is 8.65. The molecule has 0 heterocycles. The van der Waals surface area contributed by atoms with Crippen molar-refractivity contribution in [2.24, 2.45) is 0 Å². The molecule has 0 radical (unpaired) electrons. The lowest BCUT2D eigenvalue weighted by molar-refractivity contribution is 0.493. The van der Waals surface area contributed by atoms with Crippen molar-refractivity contribution in [3.8, 4) is 34.1 Å². The number of aryl methyl sites for hydroxylation is 7. The van der Waals surface area contributed by atoms with Crippen molar-refractivity contribution in [3.63, 3.8) is 0 Å². The Morgan fingerprint density at radius 1 is 0.306 bits per heavy atom. The highest BCUT2D eigenvalue weighted by atomic mass is 31.2. The highest BCUT2D eigenvalue weighted by Gasteiger charge is 2.24. The van der Waals surface area contributed by atoms with E-state index in [1.54, 1.807) is 0 Å². The Morgan fingerprint density at radius 3 is 0.959 bits per heavy atom. The Bertz CT molecular complexity index is 1940. The molecule has 0 fully saturated rings. The van der Waals surface area contributed by atoms with Crippen molar-refractivity contribution in [2.75, 3.05) is 0 Å². The van der Waals surface area contributed by atoms with E-state index >= 15 is 0 Å². The number of benzene rings is 6. The van der Waals surface area contributed by atoms with Gasteiger partial charge in [0.05, 0.1) is 10.6 Å². The van der Waals surface area contributed by atoms with Crippen LogP contribution >= 0.6 is 16.8 Å². The molecule has 0 N–H and O–H groups in total. The molecule has 1 unspecified atom stereocenters. The third kappa shape index (κ3) is 8.00. The molecule has 0 saturated carbocycles. The summed E-state index contributed by atoms with van der Waals surface area (Å²) in [6.07, 6.45) is 0. The van der Waals surface area contributed by atoms with Gasteiger partial charge in [-0.1, -0.05) is 97.1 Å². The van der Waals surface area contributed by atoms with Gasteiger partial charge < -0.3 is 18.1 Å². The molecule has 49 heavy (non-hydrogen) atoms. The Labute approximate surface area is 293 Å². The first-order valence-electron chi connectivity index (χ1n) is 16.4. The molecule has 6 aromatic rings. The molecule has 6 aromatic carbocycles. The summed E-state index contributed by atoms with van der Waals surface area (Å²) in [7, 11) is -2.90. The summed E-state index contributed by atoms with van der Waals surface area (Å²) in [5, 5.41) is 1.99. The molecule has 0 aliphatic heterocycles. The van der Waals surface area contributed by atoms with Gasteiger partial charge >= 0.3 is 16.8 Å². The maximum atomic E-state index is 6.70. The second-order valence-electron chi connectivity index (χ2n) is 12.4. The maximum absolute atomic E-state index is 6.70. The number of rotatable bonds is 11. The molecular formula is C43H42O4P2. The zero-order valence-corrected chi connectivity index (χ0v) is 30.9. The zero-order chi connectivity index (χ0) is 34.5.